The molecule has 4 nitrogen and oxygen atoms in total. The van der Waals surface area contributed by atoms with Crippen LogP contribution >= 0.6 is 22.9 Å². The molecule has 1 saturated heterocycles. The van der Waals surface area contributed by atoms with E-state index in [1.54, 1.807) is 35.3 Å². The number of carbonyl (C=O) groups excluding carboxylic acids is 1. The van der Waals surface area contributed by atoms with Crippen molar-refractivity contribution in [3.05, 3.63) is 50.9 Å². The molecule has 0 aliphatic carbocycles. The number of carbonyl (C=O) groups is 1. The summed E-state index contributed by atoms with van der Waals surface area (Å²) in [6, 6.07) is 8.49. The molecule has 0 saturated carbocycles. The third-order valence-corrected chi connectivity index (χ3v) is 5.31. The van der Waals surface area contributed by atoms with Gasteiger partial charge < -0.3 is 10.2 Å². The maximum Gasteiger partial charge on any atom is 0.321 e. The number of nitrogens with one attached hydrogen (secondary N) is 1. The van der Waals surface area contributed by atoms with E-state index >= 15 is 0 Å². The molecule has 0 spiro atoms. The molecule has 128 valence electrons. The predicted octanol–water partition coefficient (Wildman–Crippen LogP) is 4.20. The Morgan fingerprint density at radius 3 is 2.62 bits per heavy atom. The first-order valence-corrected chi connectivity index (χ1v) is 8.99. The lowest BCUT2D eigenvalue weighted by Gasteiger charge is -2.34. The molecule has 1 aromatic carbocycles. The van der Waals surface area contributed by atoms with Gasteiger partial charge in [0.15, 0.2) is 0 Å². The molecular formula is C17H19ClFN3OS. The molecule has 1 N–H and O–H groups in total. The summed E-state index contributed by atoms with van der Waals surface area (Å²) < 4.78 is 14.4. The Bertz CT molecular complexity index is 728. The molecule has 1 aliphatic rings. The Morgan fingerprint density at radius 1 is 1.25 bits per heavy atom. The number of piperazine rings is 1. The van der Waals surface area contributed by atoms with Gasteiger partial charge in [-0.2, -0.15) is 0 Å². The molecule has 1 aliphatic heterocycles. The van der Waals surface area contributed by atoms with Crippen molar-refractivity contribution in [2.45, 2.75) is 13.5 Å². The second-order valence-corrected chi connectivity index (χ2v) is 7.66. The summed E-state index contributed by atoms with van der Waals surface area (Å²) in [5.41, 5.74) is 1.05. The van der Waals surface area contributed by atoms with Crippen LogP contribution in [-0.2, 0) is 6.54 Å². The normalized spacial score (nSPS) is 15.5. The highest BCUT2D eigenvalue weighted by molar-refractivity contribution is 7.16. The van der Waals surface area contributed by atoms with Crippen molar-refractivity contribution >= 4 is 34.7 Å². The molecule has 0 atom stereocenters. The van der Waals surface area contributed by atoms with Gasteiger partial charge in [-0.1, -0.05) is 17.7 Å². The fourth-order valence-electron chi connectivity index (χ4n) is 2.64. The fraction of sp³-hybridized carbons (Fsp3) is 0.353. The molecule has 3 rings (SSSR count). The Labute approximate surface area is 149 Å². The quantitative estimate of drug-likeness (QED) is 0.882. The van der Waals surface area contributed by atoms with Gasteiger partial charge in [0.05, 0.1) is 4.34 Å². The van der Waals surface area contributed by atoms with E-state index in [0.29, 0.717) is 24.3 Å². The van der Waals surface area contributed by atoms with Gasteiger partial charge in [-0.25, -0.2) is 9.18 Å². The zero-order chi connectivity index (χ0) is 17.1. The smallest absolute Gasteiger partial charge is 0.321 e. The molecule has 1 aromatic heterocycles. The van der Waals surface area contributed by atoms with Gasteiger partial charge in [0.2, 0.25) is 0 Å². The van der Waals surface area contributed by atoms with Crippen LogP contribution in [0.2, 0.25) is 4.34 Å². The lowest BCUT2D eigenvalue weighted by atomic mass is 10.2. The van der Waals surface area contributed by atoms with E-state index in [2.05, 4.69) is 10.2 Å². The maximum atomic E-state index is 13.6. The Kier molecular flexibility index (Phi) is 5.38. The third-order valence-electron chi connectivity index (χ3n) is 4.09. The maximum absolute atomic E-state index is 13.6. The summed E-state index contributed by atoms with van der Waals surface area (Å²) in [5, 5.41) is 2.76. The number of hydrogen-bond acceptors (Lipinski definition) is 3. The van der Waals surface area contributed by atoms with Crippen LogP contribution in [0.3, 0.4) is 0 Å². The van der Waals surface area contributed by atoms with Gasteiger partial charge in [0.25, 0.3) is 0 Å². The van der Waals surface area contributed by atoms with Crippen molar-refractivity contribution in [3.63, 3.8) is 0 Å². The largest absolute Gasteiger partial charge is 0.322 e. The standard InChI is InChI=1S/C17H19ClFN3OS/c1-12-2-3-13(10-15(12)19)20-17(23)22-8-6-21(7-9-22)11-14-4-5-16(18)24-14/h2-5,10H,6-9,11H2,1H3,(H,20,23). The summed E-state index contributed by atoms with van der Waals surface area (Å²) >= 11 is 7.54. The monoisotopic (exact) mass is 367 g/mol. The molecule has 24 heavy (non-hydrogen) atoms. The number of hydrogen-bond donors (Lipinski definition) is 1. The molecule has 2 amide bonds. The zero-order valence-corrected chi connectivity index (χ0v) is 15.0. The van der Waals surface area contributed by atoms with E-state index in [4.69, 9.17) is 11.6 Å². The lowest BCUT2D eigenvalue weighted by molar-refractivity contribution is 0.143. The second kappa shape index (κ2) is 7.51. The molecule has 2 heterocycles. The van der Waals surface area contributed by atoms with Gasteiger partial charge in [0.1, 0.15) is 5.82 Å². The van der Waals surface area contributed by atoms with E-state index in [9.17, 15) is 9.18 Å². The highest BCUT2D eigenvalue weighted by Crippen LogP contribution is 2.23. The van der Waals surface area contributed by atoms with Gasteiger partial charge in [-0.3, -0.25) is 4.90 Å². The molecular weight excluding hydrogens is 349 g/mol. The molecule has 0 unspecified atom stereocenters. The van der Waals surface area contributed by atoms with Gasteiger partial charge in [-0.05, 0) is 36.8 Å². The lowest BCUT2D eigenvalue weighted by Crippen LogP contribution is -2.49. The predicted molar refractivity (Wildman–Crippen MR) is 96.3 cm³/mol. The number of urea groups is 1. The number of rotatable bonds is 3. The number of anilines is 1. The van der Waals surface area contributed by atoms with E-state index in [-0.39, 0.29) is 11.8 Å². The topological polar surface area (TPSA) is 35.6 Å². The first kappa shape index (κ1) is 17.2. The number of nitrogens with zero attached hydrogens (tertiary/aromatic N) is 2. The van der Waals surface area contributed by atoms with Crippen molar-refractivity contribution in [2.24, 2.45) is 0 Å². The van der Waals surface area contributed by atoms with E-state index < -0.39 is 0 Å². The number of amides is 2. The van der Waals surface area contributed by atoms with Crippen LogP contribution in [0.4, 0.5) is 14.9 Å². The SMILES string of the molecule is Cc1ccc(NC(=O)N2CCN(Cc3ccc(Cl)s3)CC2)cc1F. The van der Waals surface area contributed by atoms with Crippen molar-refractivity contribution in [1.29, 1.82) is 0 Å². The average molecular weight is 368 g/mol. The van der Waals surface area contributed by atoms with Gasteiger partial charge in [-0.15, -0.1) is 11.3 Å². The number of aryl methyl sites for hydroxylation is 1. The van der Waals surface area contributed by atoms with Crippen molar-refractivity contribution in [2.75, 3.05) is 31.5 Å². The van der Waals surface area contributed by atoms with Crippen LogP contribution in [-0.4, -0.2) is 42.0 Å². The molecule has 7 heteroatoms. The Hall–Kier alpha value is -1.63. The van der Waals surface area contributed by atoms with Crippen molar-refractivity contribution in [1.82, 2.24) is 9.80 Å². The van der Waals surface area contributed by atoms with E-state index in [1.165, 1.54) is 10.9 Å². The molecule has 1 fully saturated rings. The highest BCUT2D eigenvalue weighted by Gasteiger charge is 2.21. The summed E-state index contributed by atoms with van der Waals surface area (Å²) in [5.74, 6) is -0.313. The van der Waals surface area contributed by atoms with Crippen molar-refractivity contribution in [3.8, 4) is 0 Å². The minimum atomic E-state index is -0.313. The summed E-state index contributed by atoms with van der Waals surface area (Å²) in [4.78, 5) is 17.6. The molecule has 2 aromatic rings. The van der Waals surface area contributed by atoms with Crippen LogP contribution in [0.15, 0.2) is 30.3 Å². The Morgan fingerprint density at radius 2 is 2.00 bits per heavy atom. The van der Waals surface area contributed by atoms with Crippen LogP contribution in [0.25, 0.3) is 0 Å². The van der Waals surface area contributed by atoms with Crippen LogP contribution in [0.5, 0.6) is 0 Å². The fourth-order valence-corrected chi connectivity index (χ4v) is 3.77. The summed E-state index contributed by atoms with van der Waals surface area (Å²) in [6.07, 6.45) is 0. The zero-order valence-electron chi connectivity index (χ0n) is 13.4. The van der Waals surface area contributed by atoms with Crippen LogP contribution in [0.1, 0.15) is 10.4 Å². The van der Waals surface area contributed by atoms with Crippen LogP contribution in [0, 0.1) is 12.7 Å². The van der Waals surface area contributed by atoms with Crippen LogP contribution < -0.4 is 5.32 Å². The third kappa shape index (κ3) is 4.26. The first-order chi connectivity index (χ1) is 11.5. The number of thiophene rings is 1. The van der Waals surface area contributed by atoms with E-state index in [0.717, 1.165) is 24.0 Å². The summed E-state index contributed by atoms with van der Waals surface area (Å²) in [6.45, 7) is 5.48. The Balaban J connectivity index is 1.50. The van der Waals surface area contributed by atoms with Crippen molar-refractivity contribution < 1.29 is 9.18 Å². The van der Waals surface area contributed by atoms with Gasteiger partial charge >= 0.3 is 6.03 Å². The van der Waals surface area contributed by atoms with Gasteiger partial charge in [0, 0.05) is 43.3 Å². The molecule has 0 bridgehead atoms. The van der Waals surface area contributed by atoms with E-state index in [1.807, 2.05) is 12.1 Å². The second-order valence-electron chi connectivity index (χ2n) is 5.86. The number of halogens is 2. The molecule has 0 radical (unpaired) electrons. The first-order valence-electron chi connectivity index (χ1n) is 7.80. The minimum absolute atomic E-state index is 0.183. The summed E-state index contributed by atoms with van der Waals surface area (Å²) in [7, 11) is 0. The number of benzene rings is 1. The average Bonchev–Trinajstić information content (AvgIpc) is 2.96. The minimum Gasteiger partial charge on any atom is -0.322 e. The highest BCUT2D eigenvalue weighted by atomic mass is 35.5.